The van der Waals surface area contributed by atoms with Crippen molar-refractivity contribution >= 4 is 17.6 Å². The Bertz CT molecular complexity index is 1100. The van der Waals surface area contributed by atoms with Crippen molar-refractivity contribution in [3.63, 3.8) is 0 Å². The van der Waals surface area contributed by atoms with Crippen LogP contribution in [0.15, 0.2) is 60.7 Å². The first-order valence-electron chi connectivity index (χ1n) is 10.2. The highest BCUT2D eigenvalue weighted by atomic mass is 16.6. The minimum Gasteiger partial charge on any atom is -0.479 e. The van der Waals surface area contributed by atoms with Gasteiger partial charge < -0.3 is 14.8 Å². The average molecular weight is 418 g/mol. The molecule has 0 saturated heterocycles. The molecule has 5 nitrogen and oxygen atoms in total. The van der Waals surface area contributed by atoms with Crippen LogP contribution in [0.1, 0.15) is 39.5 Å². The highest BCUT2D eigenvalue weighted by Gasteiger charge is 2.18. The van der Waals surface area contributed by atoms with Crippen LogP contribution in [0.25, 0.3) is 0 Å². The number of carbonyl (C=O) groups is 2. The van der Waals surface area contributed by atoms with Crippen molar-refractivity contribution in [2.45, 2.75) is 40.7 Å². The Hall–Kier alpha value is -3.60. The number of nitrogens with one attached hydrogen (secondary N) is 1. The van der Waals surface area contributed by atoms with Gasteiger partial charge in [-0.2, -0.15) is 0 Å². The molecule has 0 aliphatic carbocycles. The zero-order valence-electron chi connectivity index (χ0n) is 18.5. The Morgan fingerprint density at radius 3 is 2.10 bits per heavy atom. The van der Waals surface area contributed by atoms with Gasteiger partial charge in [0.05, 0.1) is 0 Å². The molecule has 5 heteroatoms. The number of carbonyl (C=O) groups excluding carboxylic acids is 2. The number of ether oxygens (including phenoxy) is 2. The van der Waals surface area contributed by atoms with Crippen LogP contribution in [-0.2, 0) is 4.79 Å². The van der Waals surface area contributed by atoms with Crippen LogP contribution in [0.2, 0.25) is 0 Å². The maximum absolute atomic E-state index is 12.5. The third-order valence-electron chi connectivity index (χ3n) is 5.09. The van der Waals surface area contributed by atoms with Gasteiger partial charge in [-0.3, -0.25) is 4.79 Å². The van der Waals surface area contributed by atoms with Crippen molar-refractivity contribution in [2.75, 3.05) is 5.32 Å². The van der Waals surface area contributed by atoms with E-state index in [1.54, 1.807) is 31.2 Å². The lowest BCUT2D eigenvalue weighted by atomic mass is 10.1. The second-order valence-corrected chi connectivity index (χ2v) is 7.72. The summed E-state index contributed by atoms with van der Waals surface area (Å²) in [4.78, 5) is 24.9. The Balaban J connectivity index is 1.59. The second-order valence-electron chi connectivity index (χ2n) is 7.72. The molecule has 0 aliphatic heterocycles. The summed E-state index contributed by atoms with van der Waals surface area (Å²) in [5, 5.41) is 2.90. The maximum Gasteiger partial charge on any atom is 0.352 e. The second kappa shape index (κ2) is 9.47. The highest BCUT2D eigenvalue weighted by molar-refractivity contribution is 6.04. The van der Waals surface area contributed by atoms with Gasteiger partial charge in [0.1, 0.15) is 11.5 Å². The molecule has 0 heterocycles. The molecule has 0 aromatic heterocycles. The van der Waals surface area contributed by atoms with E-state index >= 15 is 0 Å². The number of esters is 1. The van der Waals surface area contributed by atoms with Gasteiger partial charge in [0.25, 0.3) is 5.91 Å². The molecule has 0 bridgehead atoms. The van der Waals surface area contributed by atoms with Gasteiger partial charge in [0.2, 0.25) is 0 Å². The molecule has 3 aromatic carbocycles. The van der Waals surface area contributed by atoms with Crippen molar-refractivity contribution in [3.8, 4) is 11.5 Å². The Morgan fingerprint density at radius 2 is 1.45 bits per heavy atom. The van der Waals surface area contributed by atoms with E-state index in [9.17, 15) is 9.59 Å². The van der Waals surface area contributed by atoms with Gasteiger partial charge in [-0.05, 0) is 93.8 Å². The number of rotatable bonds is 6. The fraction of sp³-hybridized carbons (Fsp3) is 0.231. The third-order valence-corrected chi connectivity index (χ3v) is 5.09. The van der Waals surface area contributed by atoms with E-state index in [1.807, 2.05) is 64.1 Å². The summed E-state index contributed by atoms with van der Waals surface area (Å²) >= 11 is 0. The topological polar surface area (TPSA) is 64.6 Å². The van der Waals surface area contributed by atoms with E-state index in [4.69, 9.17) is 9.47 Å². The standard InChI is InChI=1S/C26H27NO4/c1-16-6-13-24(19(4)14-16)27-25(28)21-8-11-22(12-9-21)31-26(29)20(5)30-23-10-7-17(2)18(3)15-23/h6-15,20H,1-5H3,(H,27,28). The zero-order chi connectivity index (χ0) is 22.5. The van der Waals surface area contributed by atoms with Gasteiger partial charge in [0.15, 0.2) is 6.10 Å². The van der Waals surface area contributed by atoms with Gasteiger partial charge in [-0.15, -0.1) is 0 Å². The summed E-state index contributed by atoms with van der Waals surface area (Å²) in [6, 6.07) is 17.9. The molecule has 160 valence electrons. The monoisotopic (exact) mass is 417 g/mol. The van der Waals surface area contributed by atoms with Crippen molar-refractivity contribution in [2.24, 2.45) is 0 Å². The predicted molar refractivity (Wildman–Crippen MR) is 122 cm³/mol. The van der Waals surface area contributed by atoms with Crippen molar-refractivity contribution in [3.05, 3.63) is 88.5 Å². The largest absolute Gasteiger partial charge is 0.479 e. The minimum atomic E-state index is -0.769. The maximum atomic E-state index is 12.5. The van der Waals surface area contributed by atoms with Crippen molar-refractivity contribution < 1.29 is 19.1 Å². The first-order valence-corrected chi connectivity index (χ1v) is 10.2. The molecule has 0 aliphatic rings. The molecule has 0 fully saturated rings. The third kappa shape index (κ3) is 5.72. The quantitative estimate of drug-likeness (QED) is 0.422. The van der Waals surface area contributed by atoms with E-state index in [2.05, 4.69) is 5.32 Å². The van der Waals surface area contributed by atoms with Crippen molar-refractivity contribution in [1.82, 2.24) is 0 Å². The lowest BCUT2D eigenvalue weighted by Crippen LogP contribution is -2.28. The molecule has 0 spiro atoms. The number of aryl methyl sites for hydroxylation is 4. The molecular formula is C26H27NO4. The molecule has 31 heavy (non-hydrogen) atoms. The highest BCUT2D eigenvalue weighted by Crippen LogP contribution is 2.20. The fourth-order valence-corrected chi connectivity index (χ4v) is 3.06. The number of amides is 1. The van der Waals surface area contributed by atoms with Crippen LogP contribution >= 0.6 is 0 Å². The number of anilines is 1. The van der Waals surface area contributed by atoms with E-state index in [0.717, 1.165) is 27.9 Å². The van der Waals surface area contributed by atoms with Crippen LogP contribution in [0.4, 0.5) is 5.69 Å². The zero-order valence-corrected chi connectivity index (χ0v) is 18.5. The Kier molecular flexibility index (Phi) is 6.75. The van der Waals surface area contributed by atoms with Crippen LogP contribution in [0.5, 0.6) is 11.5 Å². The average Bonchev–Trinajstić information content (AvgIpc) is 2.73. The summed E-state index contributed by atoms with van der Waals surface area (Å²) in [5.74, 6) is 0.233. The molecule has 0 saturated carbocycles. The summed E-state index contributed by atoms with van der Waals surface area (Å²) in [6.07, 6.45) is -0.769. The van der Waals surface area contributed by atoms with Crippen LogP contribution in [-0.4, -0.2) is 18.0 Å². The summed E-state index contributed by atoms with van der Waals surface area (Å²) in [5.41, 5.74) is 5.62. The molecule has 1 amide bonds. The van der Waals surface area contributed by atoms with Crippen LogP contribution in [0, 0.1) is 27.7 Å². The predicted octanol–water partition coefficient (Wildman–Crippen LogP) is 5.55. The fourth-order valence-electron chi connectivity index (χ4n) is 3.06. The van der Waals surface area contributed by atoms with Gasteiger partial charge in [-0.1, -0.05) is 23.8 Å². The lowest BCUT2D eigenvalue weighted by Gasteiger charge is -2.15. The van der Waals surface area contributed by atoms with E-state index in [-0.39, 0.29) is 5.91 Å². The van der Waals surface area contributed by atoms with Crippen LogP contribution < -0.4 is 14.8 Å². The molecular weight excluding hydrogens is 390 g/mol. The molecule has 3 rings (SSSR count). The SMILES string of the molecule is Cc1ccc(NC(=O)c2ccc(OC(=O)C(C)Oc3ccc(C)c(C)c3)cc2)c(C)c1. The molecule has 1 unspecified atom stereocenters. The number of hydrogen-bond donors (Lipinski definition) is 1. The molecule has 3 aromatic rings. The lowest BCUT2D eigenvalue weighted by molar-refractivity contribution is -0.141. The van der Waals surface area contributed by atoms with Gasteiger partial charge in [0, 0.05) is 11.3 Å². The molecule has 1 atom stereocenters. The molecule has 1 N–H and O–H groups in total. The summed E-state index contributed by atoms with van der Waals surface area (Å²) in [6.45, 7) is 9.60. The minimum absolute atomic E-state index is 0.226. The normalized spacial score (nSPS) is 11.5. The van der Waals surface area contributed by atoms with Gasteiger partial charge >= 0.3 is 5.97 Å². The number of hydrogen-bond acceptors (Lipinski definition) is 4. The number of benzene rings is 3. The van der Waals surface area contributed by atoms with E-state index in [1.165, 1.54) is 0 Å². The molecule has 0 radical (unpaired) electrons. The van der Waals surface area contributed by atoms with Crippen molar-refractivity contribution in [1.29, 1.82) is 0 Å². The van der Waals surface area contributed by atoms with Crippen LogP contribution in [0.3, 0.4) is 0 Å². The Labute approximate surface area is 183 Å². The first-order chi connectivity index (χ1) is 14.7. The van der Waals surface area contributed by atoms with E-state index in [0.29, 0.717) is 17.1 Å². The summed E-state index contributed by atoms with van der Waals surface area (Å²) in [7, 11) is 0. The first kappa shape index (κ1) is 22.1. The smallest absolute Gasteiger partial charge is 0.352 e. The summed E-state index contributed by atoms with van der Waals surface area (Å²) < 4.78 is 11.1. The Morgan fingerprint density at radius 1 is 0.774 bits per heavy atom. The van der Waals surface area contributed by atoms with E-state index < -0.39 is 12.1 Å². The van der Waals surface area contributed by atoms with Gasteiger partial charge in [-0.25, -0.2) is 4.79 Å².